The summed E-state index contributed by atoms with van der Waals surface area (Å²) in [6.07, 6.45) is 1.84. The van der Waals surface area contributed by atoms with Crippen molar-refractivity contribution in [1.29, 1.82) is 0 Å². The highest BCUT2D eigenvalue weighted by molar-refractivity contribution is 5.79. The molecule has 4 nitrogen and oxygen atoms in total. The maximum Gasteiger partial charge on any atom is 0.140 e. The van der Waals surface area contributed by atoms with E-state index in [0.29, 0.717) is 0 Å². The highest BCUT2D eigenvalue weighted by Crippen LogP contribution is 2.20. The first-order valence-corrected chi connectivity index (χ1v) is 7.57. The largest absolute Gasteiger partial charge is 0.366 e. The second-order valence-electron chi connectivity index (χ2n) is 5.37. The average molecular weight is 300 g/mol. The lowest BCUT2D eigenvalue weighted by Crippen LogP contribution is -2.00. The Labute approximate surface area is 134 Å². The van der Waals surface area contributed by atoms with Crippen LogP contribution in [-0.2, 0) is 6.54 Å². The van der Waals surface area contributed by atoms with E-state index in [1.165, 1.54) is 5.56 Å². The maximum absolute atomic E-state index is 4.59. The normalized spacial score (nSPS) is 10.8. The smallest absolute Gasteiger partial charge is 0.140 e. The minimum atomic E-state index is 0.762. The first kappa shape index (κ1) is 13.5. The summed E-state index contributed by atoms with van der Waals surface area (Å²) in [4.78, 5) is 12.4. The molecule has 0 bridgehead atoms. The molecule has 4 rings (SSSR count). The summed E-state index contributed by atoms with van der Waals surface area (Å²) in [5.41, 5.74) is 4.21. The molecule has 2 aromatic heterocycles. The molecular weight excluding hydrogens is 284 g/mol. The fraction of sp³-hybridized carbons (Fsp3) is 0.0526. The summed E-state index contributed by atoms with van der Waals surface area (Å²) in [6.45, 7) is 0.762. The van der Waals surface area contributed by atoms with Crippen molar-refractivity contribution in [1.82, 2.24) is 15.0 Å². The second kappa shape index (κ2) is 5.93. The molecule has 0 aliphatic carbocycles. The molecule has 0 spiro atoms. The number of aromatic amines is 1. The number of hydrogen-bond donors (Lipinski definition) is 2. The van der Waals surface area contributed by atoms with Crippen molar-refractivity contribution in [2.45, 2.75) is 6.54 Å². The molecule has 0 fully saturated rings. The highest BCUT2D eigenvalue weighted by atomic mass is 15.0. The van der Waals surface area contributed by atoms with Crippen LogP contribution >= 0.6 is 0 Å². The number of pyridine rings is 1. The number of benzene rings is 2. The first-order valence-electron chi connectivity index (χ1n) is 7.57. The van der Waals surface area contributed by atoms with E-state index in [0.717, 1.165) is 34.8 Å². The summed E-state index contributed by atoms with van der Waals surface area (Å²) >= 11 is 0. The molecule has 0 saturated carbocycles. The topological polar surface area (TPSA) is 53.6 Å². The molecule has 4 aromatic rings. The van der Waals surface area contributed by atoms with Crippen LogP contribution in [0.2, 0.25) is 0 Å². The number of rotatable bonds is 4. The minimum Gasteiger partial charge on any atom is -0.366 e. The Hall–Kier alpha value is -3.14. The molecular formula is C19H16N4. The van der Waals surface area contributed by atoms with Crippen molar-refractivity contribution < 1.29 is 0 Å². The summed E-state index contributed by atoms with van der Waals surface area (Å²) in [6, 6.07) is 22.3. The fourth-order valence-corrected chi connectivity index (χ4v) is 2.52. The standard InChI is InChI=1S/C19H16N4/c1-2-6-14(7-3-1)12-20-18-11-10-15(13-21-18)19-22-16-8-4-5-9-17(16)23-19/h1-11,13H,12H2,(H,20,21)(H,22,23). The quantitative estimate of drug-likeness (QED) is 0.593. The van der Waals surface area contributed by atoms with E-state index in [1.807, 2.05) is 60.8 Å². The predicted molar refractivity (Wildman–Crippen MR) is 93.1 cm³/mol. The summed E-state index contributed by atoms with van der Waals surface area (Å²) in [5, 5.41) is 3.32. The maximum atomic E-state index is 4.59. The van der Waals surface area contributed by atoms with Gasteiger partial charge in [-0.1, -0.05) is 42.5 Å². The highest BCUT2D eigenvalue weighted by Gasteiger charge is 2.05. The van der Waals surface area contributed by atoms with Crippen LogP contribution in [0.4, 0.5) is 5.82 Å². The van der Waals surface area contributed by atoms with Crippen molar-refractivity contribution in [3.05, 3.63) is 78.5 Å². The Kier molecular flexibility index (Phi) is 3.48. The molecule has 0 aliphatic heterocycles. The number of fused-ring (bicyclic) bond motifs is 1. The number of anilines is 1. The Morgan fingerprint density at radius 2 is 1.70 bits per heavy atom. The zero-order valence-corrected chi connectivity index (χ0v) is 12.5. The van der Waals surface area contributed by atoms with Gasteiger partial charge in [-0.15, -0.1) is 0 Å². The molecule has 2 N–H and O–H groups in total. The van der Waals surface area contributed by atoms with Gasteiger partial charge in [0.25, 0.3) is 0 Å². The Balaban J connectivity index is 1.51. The Morgan fingerprint density at radius 1 is 0.870 bits per heavy atom. The van der Waals surface area contributed by atoms with Gasteiger partial charge in [0.05, 0.1) is 11.0 Å². The van der Waals surface area contributed by atoms with E-state index in [9.17, 15) is 0 Å². The van der Waals surface area contributed by atoms with Gasteiger partial charge in [0.1, 0.15) is 11.6 Å². The van der Waals surface area contributed by atoms with Crippen molar-refractivity contribution in [3.63, 3.8) is 0 Å². The fourth-order valence-electron chi connectivity index (χ4n) is 2.52. The molecule has 0 unspecified atom stereocenters. The lowest BCUT2D eigenvalue weighted by atomic mass is 10.2. The molecule has 0 radical (unpaired) electrons. The van der Waals surface area contributed by atoms with Gasteiger partial charge < -0.3 is 10.3 Å². The summed E-state index contributed by atoms with van der Waals surface area (Å²) in [7, 11) is 0. The van der Waals surface area contributed by atoms with E-state index in [4.69, 9.17) is 0 Å². The van der Waals surface area contributed by atoms with E-state index in [1.54, 1.807) is 0 Å². The number of nitrogens with zero attached hydrogens (tertiary/aromatic N) is 2. The SMILES string of the molecule is c1ccc(CNc2ccc(-c3nc4ccccc4[nH]3)cn2)cc1. The van der Waals surface area contributed by atoms with E-state index in [2.05, 4.69) is 32.4 Å². The number of hydrogen-bond acceptors (Lipinski definition) is 3. The van der Waals surface area contributed by atoms with Crippen LogP contribution in [0.3, 0.4) is 0 Å². The molecule has 0 atom stereocenters. The number of para-hydroxylation sites is 2. The average Bonchev–Trinajstić information content (AvgIpc) is 3.05. The van der Waals surface area contributed by atoms with Crippen molar-refractivity contribution in [2.24, 2.45) is 0 Å². The lowest BCUT2D eigenvalue weighted by Gasteiger charge is -2.06. The van der Waals surface area contributed by atoms with Gasteiger partial charge in [-0.2, -0.15) is 0 Å². The molecule has 2 heterocycles. The monoisotopic (exact) mass is 300 g/mol. The zero-order valence-electron chi connectivity index (χ0n) is 12.5. The summed E-state index contributed by atoms with van der Waals surface area (Å²) in [5.74, 6) is 1.70. The van der Waals surface area contributed by atoms with Gasteiger partial charge in [0, 0.05) is 18.3 Å². The second-order valence-corrected chi connectivity index (χ2v) is 5.37. The van der Waals surface area contributed by atoms with E-state index in [-0.39, 0.29) is 0 Å². The van der Waals surface area contributed by atoms with Gasteiger partial charge in [0.2, 0.25) is 0 Å². The van der Waals surface area contributed by atoms with Crippen LogP contribution in [0.25, 0.3) is 22.4 Å². The Bertz CT molecular complexity index is 878. The minimum absolute atomic E-state index is 0.762. The van der Waals surface area contributed by atoms with E-state index >= 15 is 0 Å². The third kappa shape index (κ3) is 2.92. The van der Waals surface area contributed by atoms with Crippen molar-refractivity contribution in [2.75, 3.05) is 5.32 Å². The number of H-pyrrole nitrogens is 1. The van der Waals surface area contributed by atoms with Crippen LogP contribution in [0.5, 0.6) is 0 Å². The van der Waals surface area contributed by atoms with Crippen LogP contribution < -0.4 is 5.32 Å². The predicted octanol–water partition coefficient (Wildman–Crippen LogP) is 4.24. The molecule has 0 aliphatic rings. The zero-order chi connectivity index (χ0) is 15.5. The first-order chi connectivity index (χ1) is 11.4. The van der Waals surface area contributed by atoms with Gasteiger partial charge in [0.15, 0.2) is 0 Å². The molecule has 0 amide bonds. The number of nitrogens with one attached hydrogen (secondary N) is 2. The summed E-state index contributed by atoms with van der Waals surface area (Å²) < 4.78 is 0. The van der Waals surface area contributed by atoms with Crippen LogP contribution in [0.15, 0.2) is 72.9 Å². The third-order valence-corrected chi connectivity index (χ3v) is 3.74. The van der Waals surface area contributed by atoms with Crippen LogP contribution in [0.1, 0.15) is 5.56 Å². The third-order valence-electron chi connectivity index (χ3n) is 3.74. The van der Waals surface area contributed by atoms with Gasteiger partial charge in [-0.25, -0.2) is 9.97 Å². The Morgan fingerprint density at radius 3 is 2.48 bits per heavy atom. The molecule has 4 heteroatoms. The molecule has 112 valence electrons. The molecule has 2 aromatic carbocycles. The van der Waals surface area contributed by atoms with Gasteiger partial charge in [-0.3, -0.25) is 0 Å². The van der Waals surface area contributed by atoms with Gasteiger partial charge in [-0.05, 0) is 29.8 Å². The number of aromatic nitrogens is 3. The molecule has 0 saturated heterocycles. The lowest BCUT2D eigenvalue weighted by molar-refractivity contribution is 1.11. The van der Waals surface area contributed by atoms with Crippen LogP contribution in [-0.4, -0.2) is 15.0 Å². The van der Waals surface area contributed by atoms with E-state index < -0.39 is 0 Å². The molecule has 23 heavy (non-hydrogen) atoms. The van der Waals surface area contributed by atoms with Crippen molar-refractivity contribution in [3.8, 4) is 11.4 Å². The number of imidazole rings is 1. The van der Waals surface area contributed by atoms with Crippen molar-refractivity contribution >= 4 is 16.9 Å². The van der Waals surface area contributed by atoms with Gasteiger partial charge >= 0.3 is 0 Å². The van der Waals surface area contributed by atoms with Crippen LogP contribution in [0, 0.1) is 0 Å².